The zero-order valence-electron chi connectivity index (χ0n) is 10.7. The Morgan fingerprint density at radius 3 is 2.53 bits per heavy atom. The molecule has 0 amide bonds. The summed E-state index contributed by atoms with van der Waals surface area (Å²) >= 11 is 5.88. The summed E-state index contributed by atoms with van der Waals surface area (Å²) in [7, 11) is 0. The van der Waals surface area contributed by atoms with Crippen molar-refractivity contribution in [2.45, 2.75) is 27.2 Å². The molecule has 0 spiro atoms. The molecule has 0 saturated carbocycles. The fraction of sp³-hybridized carbons (Fsp3) is 0.667. The quantitative estimate of drug-likeness (QED) is 0.703. The summed E-state index contributed by atoms with van der Waals surface area (Å²) in [6.07, 6.45) is 0.757. The Balaban J connectivity index is 2.48. The van der Waals surface area contributed by atoms with Gasteiger partial charge in [-0.25, -0.2) is 4.98 Å². The van der Waals surface area contributed by atoms with Crippen LogP contribution in [0, 0.1) is 0 Å². The van der Waals surface area contributed by atoms with Crippen molar-refractivity contribution in [1.29, 1.82) is 0 Å². The molecule has 0 aliphatic carbocycles. The zero-order valence-corrected chi connectivity index (χ0v) is 11.5. The molecule has 17 heavy (non-hydrogen) atoms. The van der Waals surface area contributed by atoms with E-state index in [-0.39, 0.29) is 0 Å². The molecule has 0 aromatic carbocycles. The van der Waals surface area contributed by atoms with Gasteiger partial charge < -0.3 is 9.64 Å². The van der Waals surface area contributed by atoms with Crippen molar-refractivity contribution in [2.75, 3.05) is 26.2 Å². The van der Waals surface area contributed by atoms with E-state index in [9.17, 15) is 0 Å². The molecule has 1 rings (SSSR count). The van der Waals surface area contributed by atoms with Crippen LogP contribution < -0.4 is 4.74 Å². The lowest BCUT2D eigenvalue weighted by Crippen LogP contribution is -2.28. The van der Waals surface area contributed by atoms with E-state index >= 15 is 0 Å². The molecule has 0 atom stereocenters. The molecule has 1 heterocycles. The second-order valence-corrected chi connectivity index (χ2v) is 4.06. The lowest BCUT2D eigenvalue weighted by molar-refractivity contribution is 0.217. The van der Waals surface area contributed by atoms with Crippen LogP contribution in [0.3, 0.4) is 0 Å². The van der Waals surface area contributed by atoms with Gasteiger partial charge in [-0.1, -0.05) is 32.4 Å². The van der Waals surface area contributed by atoms with Crippen LogP contribution in [0.25, 0.3) is 0 Å². The molecule has 0 radical (unpaired) electrons. The van der Waals surface area contributed by atoms with Crippen molar-refractivity contribution >= 4 is 11.6 Å². The van der Waals surface area contributed by atoms with Crippen LogP contribution in [-0.2, 0) is 6.42 Å². The minimum atomic E-state index is 0.440. The first-order valence-electron chi connectivity index (χ1n) is 6.08. The van der Waals surface area contributed by atoms with Gasteiger partial charge in [0.2, 0.25) is 5.88 Å². The minimum Gasteiger partial charge on any atom is -0.476 e. The highest BCUT2D eigenvalue weighted by atomic mass is 35.5. The molecule has 0 bridgehead atoms. The minimum absolute atomic E-state index is 0.440. The van der Waals surface area contributed by atoms with Gasteiger partial charge in [-0.3, -0.25) is 0 Å². The van der Waals surface area contributed by atoms with Crippen LogP contribution in [0.5, 0.6) is 5.88 Å². The molecular weight excluding hydrogens is 238 g/mol. The topological polar surface area (TPSA) is 38.2 Å². The molecule has 0 fully saturated rings. The van der Waals surface area contributed by atoms with E-state index in [0.29, 0.717) is 17.6 Å². The highest BCUT2D eigenvalue weighted by molar-refractivity contribution is 6.29. The fourth-order valence-electron chi connectivity index (χ4n) is 1.49. The summed E-state index contributed by atoms with van der Waals surface area (Å²) in [5.41, 5.74) is 0. The Kier molecular flexibility index (Phi) is 6.22. The molecule has 0 N–H and O–H groups in total. The van der Waals surface area contributed by atoms with Crippen molar-refractivity contribution in [3.8, 4) is 5.88 Å². The van der Waals surface area contributed by atoms with Gasteiger partial charge in [0.1, 0.15) is 17.6 Å². The van der Waals surface area contributed by atoms with E-state index in [2.05, 4.69) is 28.7 Å². The number of aromatic nitrogens is 2. The van der Waals surface area contributed by atoms with E-state index < -0.39 is 0 Å². The Morgan fingerprint density at radius 1 is 1.24 bits per heavy atom. The molecular formula is C12H20ClN3O. The zero-order chi connectivity index (χ0) is 12.7. The average molecular weight is 258 g/mol. The number of hydrogen-bond acceptors (Lipinski definition) is 4. The van der Waals surface area contributed by atoms with Crippen LogP contribution in [0.15, 0.2) is 6.07 Å². The molecule has 5 heteroatoms. The standard InChI is InChI=1S/C12H20ClN3O/c1-4-11-14-10(13)9-12(15-11)17-8-7-16(5-2)6-3/h9H,4-8H2,1-3H3. The summed E-state index contributed by atoms with van der Waals surface area (Å²) in [5.74, 6) is 1.28. The summed E-state index contributed by atoms with van der Waals surface area (Å²) < 4.78 is 5.59. The average Bonchev–Trinajstić information content (AvgIpc) is 2.34. The SMILES string of the molecule is CCc1nc(Cl)cc(OCCN(CC)CC)n1. The van der Waals surface area contributed by atoms with Gasteiger partial charge in [-0.15, -0.1) is 0 Å². The summed E-state index contributed by atoms with van der Waals surface area (Å²) in [4.78, 5) is 10.7. The van der Waals surface area contributed by atoms with E-state index in [0.717, 1.165) is 31.9 Å². The maximum Gasteiger partial charge on any atom is 0.218 e. The largest absolute Gasteiger partial charge is 0.476 e. The van der Waals surface area contributed by atoms with E-state index in [1.165, 1.54) is 0 Å². The monoisotopic (exact) mass is 257 g/mol. The first-order chi connectivity index (χ1) is 8.19. The number of hydrogen-bond donors (Lipinski definition) is 0. The van der Waals surface area contributed by atoms with Crippen molar-refractivity contribution in [3.63, 3.8) is 0 Å². The number of rotatable bonds is 7. The maximum absolute atomic E-state index is 5.88. The van der Waals surface area contributed by atoms with Crippen LogP contribution in [-0.4, -0.2) is 41.1 Å². The number of likely N-dealkylation sites (N-methyl/N-ethyl adjacent to an activating group) is 1. The number of nitrogens with zero attached hydrogens (tertiary/aromatic N) is 3. The van der Waals surface area contributed by atoms with Gasteiger partial charge in [-0.05, 0) is 13.1 Å². The number of ether oxygens (including phenoxy) is 1. The number of halogens is 1. The van der Waals surface area contributed by atoms with Crippen molar-refractivity contribution in [3.05, 3.63) is 17.0 Å². The molecule has 1 aromatic heterocycles. The van der Waals surface area contributed by atoms with Gasteiger partial charge >= 0.3 is 0 Å². The molecule has 4 nitrogen and oxygen atoms in total. The second-order valence-electron chi connectivity index (χ2n) is 3.67. The summed E-state index contributed by atoms with van der Waals surface area (Å²) in [6, 6.07) is 1.66. The van der Waals surface area contributed by atoms with Crippen molar-refractivity contribution in [1.82, 2.24) is 14.9 Å². The normalized spacial score (nSPS) is 10.9. The molecule has 0 aliphatic heterocycles. The van der Waals surface area contributed by atoms with Gasteiger partial charge in [-0.2, -0.15) is 4.98 Å². The van der Waals surface area contributed by atoms with Gasteiger partial charge in [0.05, 0.1) is 0 Å². The first kappa shape index (κ1) is 14.2. The second kappa shape index (κ2) is 7.45. The lowest BCUT2D eigenvalue weighted by Gasteiger charge is -2.17. The first-order valence-corrected chi connectivity index (χ1v) is 6.46. The third-order valence-electron chi connectivity index (χ3n) is 2.59. The molecule has 0 unspecified atom stereocenters. The highest BCUT2D eigenvalue weighted by Crippen LogP contribution is 2.13. The summed E-state index contributed by atoms with van der Waals surface area (Å²) in [5, 5.41) is 0.440. The van der Waals surface area contributed by atoms with Crippen LogP contribution in [0.1, 0.15) is 26.6 Å². The highest BCUT2D eigenvalue weighted by Gasteiger charge is 2.04. The van der Waals surface area contributed by atoms with Gasteiger partial charge in [0, 0.05) is 19.0 Å². The Hall–Kier alpha value is -0.870. The Labute approximate surface area is 108 Å². The predicted octanol–water partition coefficient (Wildman–Crippen LogP) is 2.41. The Bertz CT molecular complexity index is 343. The van der Waals surface area contributed by atoms with Gasteiger partial charge in [0.25, 0.3) is 0 Å². The molecule has 96 valence electrons. The van der Waals surface area contributed by atoms with Crippen LogP contribution in [0.2, 0.25) is 5.15 Å². The molecule has 0 aliphatic rings. The van der Waals surface area contributed by atoms with Crippen LogP contribution in [0.4, 0.5) is 0 Å². The van der Waals surface area contributed by atoms with Crippen LogP contribution >= 0.6 is 11.6 Å². The van der Waals surface area contributed by atoms with Crippen molar-refractivity contribution < 1.29 is 4.74 Å². The molecule has 0 saturated heterocycles. The predicted molar refractivity (Wildman–Crippen MR) is 69.7 cm³/mol. The van der Waals surface area contributed by atoms with E-state index in [1.807, 2.05) is 6.92 Å². The smallest absolute Gasteiger partial charge is 0.218 e. The van der Waals surface area contributed by atoms with E-state index in [4.69, 9.17) is 16.3 Å². The number of aryl methyl sites for hydroxylation is 1. The van der Waals surface area contributed by atoms with E-state index in [1.54, 1.807) is 6.07 Å². The van der Waals surface area contributed by atoms with Crippen molar-refractivity contribution in [2.24, 2.45) is 0 Å². The Morgan fingerprint density at radius 2 is 1.94 bits per heavy atom. The third kappa shape index (κ3) is 4.88. The summed E-state index contributed by atoms with van der Waals surface area (Å²) in [6.45, 7) is 9.86. The third-order valence-corrected chi connectivity index (χ3v) is 2.78. The molecule has 1 aromatic rings. The maximum atomic E-state index is 5.88. The van der Waals surface area contributed by atoms with Gasteiger partial charge in [0.15, 0.2) is 0 Å². The lowest BCUT2D eigenvalue weighted by atomic mass is 10.4. The fourth-order valence-corrected chi connectivity index (χ4v) is 1.68.